The number of nitrogens with one attached hydrogen (secondary N) is 1. The second-order valence-electron chi connectivity index (χ2n) is 5.89. The Bertz CT molecular complexity index is 543. The van der Waals surface area contributed by atoms with E-state index in [4.69, 9.17) is 4.74 Å². The van der Waals surface area contributed by atoms with E-state index in [2.05, 4.69) is 62.4 Å². The molecule has 4 nitrogen and oxygen atoms in total. The highest BCUT2D eigenvalue weighted by Gasteiger charge is 2.03. The van der Waals surface area contributed by atoms with Crippen molar-refractivity contribution in [2.45, 2.75) is 52.9 Å². The number of ether oxygens (including phenoxy) is 1. The average Bonchev–Trinajstić information content (AvgIpc) is 2.93. The van der Waals surface area contributed by atoms with Crippen LogP contribution in [0, 0.1) is 0 Å². The summed E-state index contributed by atoms with van der Waals surface area (Å²) in [5.41, 5.74) is 2.46. The predicted molar refractivity (Wildman–Crippen MR) is 85.4 cm³/mol. The number of nitrogens with zero attached hydrogens (tertiary/aromatic N) is 2. The molecule has 1 N–H and O–H groups in total. The molecule has 1 aromatic carbocycles. The lowest BCUT2D eigenvalue weighted by Crippen LogP contribution is -2.21. The lowest BCUT2D eigenvalue weighted by molar-refractivity contribution is 0.305. The van der Waals surface area contributed by atoms with Gasteiger partial charge in [0.1, 0.15) is 6.61 Å². The molecule has 0 aliphatic carbocycles. The Morgan fingerprint density at radius 1 is 1.10 bits per heavy atom. The molecule has 0 amide bonds. The lowest BCUT2D eigenvalue weighted by Gasteiger charge is -2.09. The van der Waals surface area contributed by atoms with Crippen LogP contribution in [-0.4, -0.2) is 15.8 Å². The molecule has 0 radical (unpaired) electrons. The largest absolute Gasteiger partial charge is 0.486 e. The molecule has 0 fully saturated rings. The smallest absolute Gasteiger partial charge is 0.157 e. The first-order valence-corrected chi connectivity index (χ1v) is 7.52. The van der Waals surface area contributed by atoms with Crippen molar-refractivity contribution in [2.75, 3.05) is 0 Å². The van der Waals surface area contributed by atoms with Crippen LogP contribution in [0.4, 0.5) is 0 Å². The topological polar surface area (TPSA) is 39.1 Å². The zero-order valence-corrected chi connectivity index (χ0v) is 13.3. The van der Waals surface area contributed by atoms with Crippen LogP contribution in [0.3, 0.4) is 0 Å². The fraction of sp³-hybridized carbons (Fsp3) is 0.471. The molecular formula is C17H25N3O. The number of rotatable bonds is 7. The third kappa shape index (κ3) is 4.90. The van der Waals surface area contributed by atoms with E-state index in [9.17, 15) is 0 Å². The lowest BCUT2D eigenvalue weighted by atomic mass is 10.1. The van der Waals surface area contributed by atoms with Crippen LogP contribution >= 0.6 is 0 Å². The minimum Gasteiger partial charge on any atom is -0.486 e. The third-order valence-electron chi connectivity index (χ3n) is 3.25. The minimum absolute atomic E-state index is 0.357. The SMILES string of the molecule is CC(C)NCc1ccc(COc2cnn(C(C)C)c2)cc1. The van der Waals surface area contributed by atoms with Crippen molar-refractivity contribution in [3.63, 3.8) is 0 Å². The van der Waals surface area contributed by atoms with E-state index in [-0.39, 0.29) is 0 Å². The first-order valence-electron chi connectivity index (χ1n) is 7.52. The van der Waals surface area contributed by atoms with Gasteiger partial charge >= 0.3 is 0 Å². The number of hydrogen-bond donors (Lipinski definition) is 1. The van der Waals surface area contributed by atoms with Crippen molar-refractivity contribution >= 4 is 0 Å². The van der Waals surface area contributed by atoms with Crippen molar-refractivity contribution < 1.29 is 4.74 Å². The van der Waals surface area contributed by atoms with Gasteiger partial charge < -0.3 is 10.1 Å². The first kappa shape index (κ1) is 15.6. The summed E-state index contributed by atoms with van der Waals surface area (Å²) in [5, 5.41) is 7.68. The Morgan fingerprint density at radius 2 is 1.76 bits per heavy atom. The molecule has 1 aromatic heterocycles. The molecule has 0 spiro atoms. The van der Waals surface area contributed by atoms with E-state index in [1.165, 1.54) is 11.1 Å². The summed E-state index contributed by atoms with van der Waals surface area (Å²) in [7, 11) is 0. The van der Waals surface area contributed by atoms with E-state index in [0.717, 1.165) is 12.3 Å². The highest BCUT2D eigenvalue weighted by atomic mass is 16.5. The van der Waals surface area contributed by atoms with Gasteiger partial charge in [0, 0.05) is 18.6 Å². The Labute approximate surface area is 127 Å². The van der Waals surface area contributed by atoms with E-state index < -0.39 is 0 Å². The molecule has 0 saturated heterocycles. The van der Waals surface area contributed by atoms with Crippen LogP contribution in [0.25, 0.3) is 0 Å². The summed E-state index contributed by atoms with van der Waals surface area (Å²) in [6.07, 6.45) is 3.70. The van der Waals surface area contributed by atoms with Gasteiger partial charge in [-0.25, -0.2) is 0 Å². The van der Waals surface area contributed by atoms with Crippen molar-refractivity contribution in [1.82, 2.24) is 15.1 Å². The Balaban J connectivity index is 1.85. The van der Waals surface area contributed by atoms with Gasteiger partial charge in [-0.05, 0) is 25.0 Å². The quantitative estimate of drug-likeness (QED) is 0.846. The van der Waals surface area contributed by atoms with Crippen molar-refractivity contribution in [2.24, 2.45) is 0 Å². The molecule has 4 heteroatoms. The van der Waals surface area contributed by atoms with Gasteiger partial charge in [-0.3, -0.25) is 4.68 Å². The molecule has 21 heavy (non-hydrogen) atoms. The zero-order valence-electron chi connectivity index (χ0n) is 13.3. The predicted octanol–water partition coefficient (Wildman–Crippen LogP) is 3.54. The van der Waals surface area contributed by atoms with Crippen LogP contribution in [0.2, 0.25) is 0 Å². The molecule has 2 aromatic rings. The maximum Gasteiger partial charge on any atom is 0.157 e. The summed E-state index contributed by atoms with van der Waals surface area (Å²) in [6, 6.07) is 9.38. The Kier molecular flexibility index (Phi) is 5.39. The summed E-state index contributed by atoms with van der Waals surface area (Å²) in [6.45, 7) is 9.97. The zero-order chi connectivity index (χ0) is 15.2. The van der Waals surface area contributed by atoms with E-state index in [1.54, 1.807) is 6.20 Å². The molecule has 0 aliphatic heterocycles. The van der Waals surface area contributed by atoms with Gasteiger partial charge in [0.2, 0.25) is 0 Å². The monoisotopic (exact) mass is 287 g/mol. The molecule has 0 bridgehead atoms. The normalized spacial score (nSPS) is 11.3. The van der Waals surface area contributed by atoms with Crippen LogP contribution in [0.1, 0.15) is 44.9 Å². The second-order valence-corrected chi connectivity index (χ2v) is 5.89. The molecule has 114 valence electrons. The molecule has 2 rings (SSSR count). The summed E-state index contributed by atoms with van der Waals surface area (Å²) >= 11 is 0. The molecule has 1 heterocycles. The van der Waals surface area contributed by atoms with Gasteiger partial charge in [0.15, 0.2) is 5.75 Å². The second kappa shape index (κ2) is 7.27. The maximum atomic E-state index is 5.76. The summed E-state index contributed by atoms with van der Waals surface area (Å²) in [5.74, 6) is 0.814. The van der Waals surface area contributed by atoms with Crippen molar-refractivity contribution in [3.8, 4) is 5.75 Å². The molecule has 0 unspecified atom stereocenters. The molecule has 0 aliphatic rings. The van der Waals surface area contributed by atoms with Crippen LogP contribution in [-0.2, 0) is 13.2 Å². The van der Waals surface area contributed by atoms with Gasteiger partial charge in [0.25, 0.3) is 0 Å². The highest BCUT2D eigenvalue weighted by Crippen LogP contribution is 2.14. The van der Waals surface area contributed by atoms with E-state index >= 15 is 0 Å². The first-order chi connectivity index (χ1) is 10.0. The van der Waals surface area contributed by atoms with Crippen LogP contribution < -0.4 is 10.1 Å². The van der Waals surface area contributed by atoms with Gasteiger partial charge in [-0.1, -0.05) is 38.1 Å². The summed E-state index contributed by atoms with van der Waals surface area (Å²) in [4.78, 5) is 0. The maximum absolute atomic E-state index is 5.76. The van der Waals surface area contributed by atoms with E-state index in [1.807, 2.05) is 10.9 Å². The van der Waals surface area contributed by atoms with Gasteiger partial charge in [-0.2, -0.15) is 5.10 Å². The van der Waals surface area contributed by atoms with E-state index in [0.29, 0.717) is 18.7 Å². The van der Waals surface area contributed by atoms with Crippen molar-refractivity contribution in [1.29, 1.82) is 0 Å². The average molecular weight is 287 g/mol. The number of hydrogen-bond acceptors (Lipinski definition) is 3. The fourth-order valence-electron chi connectivity index (χ4n) is 1.92. The number of aromatic nitrogens is 2. The molecule has 0 atom stereocenters. The Hall–Kier alpha value is -1.81. The minimum atomic E-state index is 0.357. The molecule has 0 saturated carbocycles. The van der Waals surface area contributed by atoms with Crippen LogP contribution in [0.5, 0.6) is 5.75 Å². The standard InChI is InChI=1S/C17H25N3O/c1-13(2)18-9-15-5-7-16(8-6-15)12-21-17-10-19-20(11-17)14(3)4/h5-8,10-11,13-14,18H,9,12H2,1-4H3. The highest BCUT2D eigenvalue weighted by molar-refractivity contribution is 5.23. The van der Waals surface area contributed by atoms with Crippen molar-refractivity contribution in [3.05, 3.63) is 47.8 Å². The van der Waals surface area contributed by atoms with Gasteiger partial charge in [-0.15, -0.1) is 0 Å². The van der Waals surface area contributed by atoms with Gasteiger partial charge in [0.05, 0.1) is 12.4 Å². The fourth-order valence-corrected chi connectivity index (χ4v) is 1.92. The van der Waals surface area contributed by atoms with Crippen LogP contribution in [0.15, 0.2) is 36.7 Å². The molecular weight excluding hydrogens is 262 g/mol. The Morgan fingerprint density at radius 3 is 2.33 bits per heavy atom. The summed E-state index contributed by atoms with van der Waals surface area (Å²) < 4.78 is 7.66. The number of benzene rings is 1. The third-order valence-corrected chi connectivity index (χ3v) is 3.25.